The summed E-state index contributed by atoms with van der Waals surface area (Å²) in [4.78, 5) is 29.7. The van der Waals surface area contributed by atoms with Crippen LogP contribution in [0.1, 0.15) is 65.8 Å². The molecule has 1 aromatic carbocycles. The molecule has 0 aliphatic heterocycles. The molecule has 4 rings (SSSR count). The number of hydrogen-bond acceptors (Lipinski definition) is 5. The van der Waals surface area contributed by atoms with Crippen LogP contribution in [0.4, 0.5) is 30.7 Å². The molecular weight excluding hydrogens is 644 g/mol. The molecule has 1 aliphatic rings. The first kappa shape index (κ1) is 33.5. The molecule has 44 heavy (non-hydrogen) atoms. The van der Waals surface area contributed by atoms with Crippen LogP contribution in [0.15, 0.2) is 36.8 Å². The lowest BCUT2D eigenvalue weighted by Crippen LogP contribution is -2.40. The zero-order valence-electron chi connectivity index (χ0n) is 23.0. The summed E-state index contributed by atoms with van der Waals surface area (Å²) in [5, 5.41) is 2.66. The van der Waals surface area contributed by atoms with E-state index >= 15 is 8.78 Å². The highest BCUT2D eigenvalue weighted by atomic mass is 35.5. The number of alkyl halides is 5. The molecule has 0 spiro atoms. The standard InChI is InChI=1S/C28H25Cl2F7N4O3/c1-2-44-26(43)16-3-5-19(6-4-16)41-24(28(35,36)37)20(10-39-41)25(42)40(13-15-7-17(31)9-18(32)8-15)14-27(33,34)23-21(29)11-38-12-22(23)30/h7-12,16,19H,2-6,13-14H2,1H3/t16-,19-. The van der Waals surface area contributed by atoms with Crippen molar-refractivity contribution in [1.82, 2.24) is 19.7 Å². The minimum absolute atomic E-state index is 0.102. The van der Waals surface area contributed by atoms with Crippen molar-refractivity contribution < 1.29 is 45.1 Å². The van der Waals surface area contributed by atoms with Gasteiger partial charge in [0.15, 0.2) is 5.69 Å². The Kier molecular flexibility index (Phi) is 10.1. The van der Waals surface area contributed by atoms with Gasteiger partial charge >= 0.3 is 12.1 Å². The summed E-state index contributed by atoms with van der Waals surface area (Å²) >= 11 is 11.8. The number of amides is 1. The van der Waals surface area contributed by atoms with Crippen molar-refractivity contribution in [2.75, 3.05) is 13.2 Å². The van der Waals surface area contributed by atoms with Crippen LogP contribution < -0.4 is 0 Å². The highest BCUT2D eigenvalue weighted by Crippen LogP contribution is 2.41. The van der Waals surface area contributed by atoms with Gasteiger partial charge in [-0.05, 0) is 50.3 Å². The fraction of sp³-hybridized carbons (Fsp3) is 0.429. The molecule has 238 valence electrons. The molecule has 0 N–H and O–H groups in total. The van der Waals surface area contributed by atoms with E-state index in [1.807, 2.05) is 0 Å². The summed E-state index contributed by atoms with van der Waals surface area (Å²) in [6.07, 6.45) is -2.18. The minimum atomic E-state index is -5.16. The average molecular weight is 669 g/mol. The first-order valence-corrected chi connectivity index (χ1v) is 14.1. The molecule has 1 amide bonds. The smallest absolute Gasteiger partial charge is 0.433 e. The summed E-state index contributed by atoms with van der Waals surface area (Å²) in [7, 11) is 0. The second-order valence-corrected chi connectivity index (χ2v) is 11.0. The van der Waals surface area contributed by atoms with Crippen LogP contribution in [0.3, 0.4) is 0 Å². The van der Waals surface area contributed by atoms with Gasteiger partial charge in [-0.25, -0.2) is 8.78 Å². The maximum absolute atomic E-state index is 15.6. The molecule has 1 aliphatic carbocycles. The van der Waals surface area contributed by atoms with Crippen LogP contribution in [0.25, 0.3) is 0 Å². The Morgan fingerprint density at radius 2 is 1.57 bits per heavy atom. The second kappa shape index (κ2) is 13.3. The topological polar surface area (TPSA) is 77.3 Å². The Balaban J connectivity index is 1.72. The Morgan fingerprint density at radius 1 is 0.977 bits per heavy atom. The van der Waals surface area contributed by atoms with Gasteiger partial charge in [0.05, 0.1) is 52.5 Å². The number of carbonyl (C=O) groups is 2. The van der Waals surface area contributed by atoms with Crippen molar-refractivity contribution in [2.24, 2.45) is 5.92 Å². The third-order valence-electron chi connectivity index (χ3n) is 7.15. The molecular formula is C28H25Cl2F7N4O3. The summed E-state index contributed by atoms with van der Waals surface area (Å²) in [5.74, 6) is -8.73. The number of nitrogens with zero attached hydrogens (tertiary/aromatic N) is 4. The number of rotatable bonds is 9. The number of aromatic nitrogens is 3. The number of carbonyl (C=O) groups excluding carboxylic acids is 2. The minimum Gasteiger partial charge on any atom is -0.466 e. The molecule has 0 radical (unpaired) electrons. The predicted octanol–water partition coefficient (Wildman–Crippen LogP) is 7.61. The molecule has 0 unspecified atom stereocenters. The normalized spacial score (nSPS) is 17.4. The van der Waals surface area contributed by atoms with E-state index in [1.165, 1.54) is 0 Å². The van der Waals surface area contributed by atoms with Crippen molar-refractivity contribution in [1.29, 1.82) is 0 Å². The van der Waals surface area contributed by atoms with Gasteiger partial charge in [0.25, 0.3) is 11.8 Å². The van der Waals surface area contributed by atoms with Crippen LogP contribution in [-0.4, -0.2) is 44.7 Å². The van der Waals surface area contributed by atoms with Crippen molar-refractivity contribution >= 4 is 35.1 Å². The molecule has 0 atom stereocenters. The van der Waals surface area contributed by atoms with E-state index in [0.29, 0.717) is 21.8 Å². The average Bonchev–Trinajstić information content (AvgIpc) is 3.38. The Morgan fingerprint density at radius 3 is 2.11 bits per heavy atom. The fourth-order valence-corrected chi connectivity index (χ4v) is 5.91. The molecule has 2 heterocycles. The maximum Gasteiger partial charge on any atom is 0.433 e. The fourth-order valence-electron chi connectivity index (χ4n) is 5.27. The first-order valence-electron chi connectivity index (χ1n) is 13.3. The van der Waals surface area contributed by atoms with E-state index in [1.54, 1.807) is 6.92 Å². The van der Waals surface area contributed by atoms with Gasteiger partial charge in [0, 0.05) is 25.0 Å². The zero-order chi connectivity index (χ0) is 32.4. The Bertz CT molecular complexity index is 1480. The van der Waals surface area contributed by atoms with Gasteiger partial charge in [-0.15, -0.1) is 0 Å². The number of halogens is 9. The van der Waals surface area contributed by atoms with Crippen molar-refractivity contribution in [2.45, 2.75) is 57.3 Å². The van der Waals surface area contributed by atoms with Crippen LogP contribution in [0, 0.1) is 17.6 Å². The second-order valence-electron chi connectivity index (χ2n) is 10.2. The summed E-state index contributed by atoms with van der Waals surface area (Å²) in [6.45, 7) is -0.693. The summed E-state index contributed by atoms with van der Waals surface area (Å²) in [6, 6.07) is 1.15. The largest absolute Gasteiger partial charge is 0.466 e. The van der Waals surface area contributed by atoms with E-state index in [2.05, 4.69) is 10.1 Å². The monoisotopic (exact) mass is 668 g/mol. The van der Waals surface area contributed by atoms with E-state index in [0.717, 1.165) is 24.5 Å². The third-order valence-corrected chi connectivity index (χ3v) is 7.72. The quantitative estimate of drug-likeness (QED) is 0.173. The van der Waals surface area contributed by atoms with Gasteiger partial charge < -0.3 is 9.64 Å². The van der Waals surface area contributed by atoms with Gasteiger partial charge in [0.2, 0.25) is 0 Å². The Hall–Kier alpha value is -3.39. The van der Waals surface area contributed by atoms with Crippen LogP contribution in [-0.2, 0) is 28.2 Å². The Labute approximate surface area is 256 Å². The van der Waals surface area contributed by atoms with Gasteiger partial charge in [0.1, 0.15) is 11.6 Å². The lowest BCUT2D eigenvalue weighted by atomic mass is 9.86. The van der Waals surface area contributed by atoms with Crippen LogP contribution >= 0.6 is 23.2 Å². The van der Waals surface area contributed by atoms with Gasteiger partial charge in [-0.3, -0.25) is 19.3 Å². The van der Waals surface area contributed by atoms with Gasteiger partial charge in [-0.2, -0.15) is 27.1 Å². The summed E-state index contributed by atoms with van der Waals surface area (Å²) < 4.78 is 108. The van der Waals surface area contributed by atoms with E-state index < -0.39 is 87.5 Å². The molecule has 3 aromatic rings. The third kappa shape index (κ3) is 7.45. The van der Waals surface area contributed by atoms with Gasteiger partial charge in [-0.1, -0.05) is 23.2 Å². The van der Waals surface area contributed by atoms with Crippen molar-refractivity contribution in [3.05, 3.63) is 80.9 Å². The number of pyridine rings is 1. The highest BCUT2D eigenvalue weighted by Gasteiger charge is 2.45. The lowest BCUT2D eigenvalue weighted by molar-refractivity contribution is -0.151. The molecule has 0 bridgehead atoms. The number of benzene rings is 1. The number of ether oxygens (including phenoxy) is 1. The van der Waals surface area contributed by atoms with E-state index in [4.69, 9.17) is 27.9 Å². The van der Waals surface area contributed by atoms with E-state index in [9.17, 15) is 31.5 Å². The molecule has 16 heteroatoms. The highest BCUT2D eigenvalue weighted by molar-refractivity contribution is 6.35. The predicted molar refractivity (Wildman–Crippen MR) is 144 cm³/mol. The molecule has 2 aromatic heterocycles. The molecule has 7 nitrogen and oxygen atoms in total. The zero-order valence-corrected chi connectivity index (χ0v) is 24.5. The number of esters is 1. The van der Waals surface area contributed by atoms with Crippen LogP contribution in [0.5, 0.6) is 0 Å². The first-order chi connectivity index (χ1) is 20.6. The lowest BCUT2D eigenvalue weighted by Gasteiger charge is -2.30. The van der Waals surface area contributed by atoms with Crippen LogP contribution in [0.2, 0.25) is 10.0 Å². The van der Waals surface area contributed by atoms with Crippen molar-refractivity contribution in [3.8, 4) is 0 Å². The van der Waals surface area contributed by atoms with Crippen molar-refractivity contribution in [3.63, 3.8) is 0 Å². The molecule has 0 saturated heterocycles. The maximum atomic E-state index is 15.6. The SMILES string of the molecule is CCOC(=O)[C@H]1CC[C@H](n2ncc(C(=O)N(Cc3cc(F)cc(F)c3)CC(F)(F)c3c(Cl)cncc3Cl)c2C(F)(F)F)CC1. The van der Waals surface area contributed by atoms with E-state index in [-0.39, 0.29) is 37.9 Å². The molecule has 1 saturated carbocycles. The summed E-state index contributed by atoms with van der Waals surface area (Å²) in [5.41, 5.74) is -3.79. The number of hydrogen-bond donors (Lipinski definition) is 0. The molecule has 1 fully saturated rings.